The molecule has 0 unspecified atom stereocenters. The van der Waals surface area contributed by atoms with Gasteiger partial charge in [-0.05, 0) is 49.4 Å². The second kappa shape index (κ2) is 6.58. The van der Waals surface area contributed by atoms with Crippen molar-refractivity contribution in [1.29, 1.82) is 0 Å². The summed E-state index contributed by atoms with van der Waals surface area (Å²) in [4.78, 5) is 19.8. The lowest BCUT2D eigenvalue weighted by atomic mass is 10.1. The molecule has 3 rings (SSSR count). The molecule has 0 spiro atoms. The molecule has 0 aliphatic carbocycles. The van der Waals surface area contributed by atoms with Crippen molar-refractivity contribution in [3.63, 3.8) is 0 Å². The zero-order valence-electron chi connectivity index (χ0n) is 12.4. The van der Waals surface area contributed by atoms with Gasteiger partial charge >= 0.3 is 6.01 Å². The van der Waals surface area contributed by atoms with Crippen LogP contribution in [0.25, 0.3) is 11.3 Å². The Bertz CT molecular complexity index is 830. The van der Waals surface area contributed by atoms with Crippen LogP contribution in [0.4, 0.5) is 0 Å². The number of hydrogen-bond donors (Lipinski definition) is 0. The van der Waals surface area contributed by atoms with E-state index >= 15 is 0 Å². The van der Waals surface area contributed by atoms with Gasteiger partial charge in [0.2, 0.25) is 0 Å². The fourth-order valence-corrected chi connectivity index (χ4v) is 2.16. The van der Waals surface area contributed by atoms with Crippen LogP contribution in [0, 0.1) is 0 Å². The molecule has 0 bridgehead atoms. The van der Waals surface area contributed by atoms with Gasteiger partial charge in [-0.25, -0.2) is 4.98 Å². The van der Waals surface area contributed by atoms with Crippen LogP contribution < -0.4 is 4.74 Å². The van der Waals surface area contributed by atoms with Gasteiger partial charge in [-0.1, -0.05) is 23.7 Å². The van der Waals surface area contributed by atoms with Crippen molar-refractivity contribution >= 4 is 17.4 Å². The number of hydrogen-bond acceptors (Lipinski definition) is 4. The number of carbonyl (C=O) groups is 1. The Kier molecular flexibility index (Phi) is 4.35. The molecule has 1 heterocycles. The molecule has 0 saturated heterocycles. The molecular formula is C18H13ClN2O2. The molecule has 5 heteroatoms. The average molecular weight is 325 g/mol. The molecule has 4 nitrogen and oxygen atoms in total. The van der Waals surface area contributed by atoms with Crippen LogP contribution in [0.1, 0.15) is 17.3 Å². The van der Waals surface area contributed by atoms with Crippen LogP contribution >= 0.6 is 11.6 Å². The van der Waals surface area contributed by atoms with E-state index in [1.54, 1.807) is 48.7 Å². The van der Waals surface area contributed by atoms with E-state index < -0.39 is 0 Å². The van der Waals surface area contributed by atoms with Gasteiger partial charge in [0.1, 0.15) is 5.75 Å². The van der Waals surface area contributed by atoms with E-state index in [4.69, 9.17) is 16.3 Å². The van der Waals surface area contributed by atoms with Gasteiger partial charge in [-0.3, -0.25) is 4.79 Å². The van der Waals surface area contributed by atoms with Crippen LogP contribution in [-0.4, -0.2) is 15.8 Å². The van der Waals surface area contributed by atoms with Gasteiger partial charge in [-0.15, -0.1) is 0 Å². The van der Waals surface area contributed by atoms with Crippen LogP contribution in [0.2, 0.25) is 5.02 Å². The van der Waals surface area contributed by atoms with Crippen molar-refractivity contribution in [2.75, 3.05) is 0 Å². The third-order valence-corrected chi connectivity index (χ3v) is 3.50. The fourth-order valence-electron chi connectivity index (χ4n) is 2.03. The normalized spacial score (nSPS) is 10.3. The number of nitrogens with zero attached hydrogens (tertiary/aromatic N) is 2. The van der Waals surface area contributed by atoms with E-state index in [1.807, 2.05) is 12.1 Å². The standard InChI is InChI=1S/C18H13ClN2O2/c1-12(22)13-4-8-16(9-5-13)23-18-20-11-10-17(21-18)14-2-6-15(19)7-3-14/h2-11H,1H3. The van der Waals surface area contributed by atoms with Gasteiger partial charge in [0.15, 0.2) is 5.78 Å². The second-order valence-electron chi connectivity index (χ2n) is 4.91. The maximum Gasteiger partial charge on any atom is 0.322 e. The van der Waals surface area contributed by atoms with Crippen molar-refractivity contribution in [3.05, 3.63) is 71.4 Å². The van der Waals surface area contributed by atoms with Crippen LogP contribution in [0.3, 0.4) is 0 Å². The third-order valence-electron chi connectivity index (χ3n) is 3.24. The van der Waals surface area contributed by atoms with E-state index in [0.717, 1.165) is 11.3 Å². The number of benzene rings is 2. The summed E-state index contributed by atoms with van der Waals surface area (Å²) >= 11 is 5.89. The SMILES string of the molecule is CC(=O)c1ccc(Oc2nccc(-c3ccc(Cl)cc3)n2)cc1. The second-order valence-corrected chi connectivity index (χ2v) is 5.35. The first-order valence-electron chi connectivity index (χ1n) is 7.00. The maximum absolute atomic E-state index is 11.3. The molecule has 0 radical (unpaired) electrons. The molecule has 114 valence electrons. The lowest BCUT2D eigenvalue weighted by molar-refractivity contribution is 0.101. The molecule has 2 aromatic carbocycles. The molecule has 0 fully saturated rings. The average Bonchev–Trinajstić information content (AvgIpc) is 2.56. The Morgan fingerprint density at radius 1 is 1.00 bits per heavy atom. The molecule has 1 aromatic heterocycles. The topological polar surface area (TPSA) is 52.1 Å². The monoisotopic (exact) mass is 324 g/mol. The maximum atomic E-state index is 11.3. The van der Waals surface area contributed by atoms with E-state index in [0.29, 0.717) is 16.3 Å². The molecule has 0 aliphatic heterocycles. The molecular weight excluding hydrogens is 312 g/mol. The molecule has 23 heavy (non-hydrogen) atoms. The Labute approximate surface area is 138 Å². The number of rotatable bonds is 4. The van der Waals surface area contributed by atoms with Gasteiger partial charge in [-0.2, -0.15) is 4.98 Å². The highest BCUT2D eigenvalue weighted by molar-refractivity contribution is 6.30. The van der Waals surface area contributed by atoms with E-state index in [2.05, 4.69) is 9.97 Å². The zero-order chi connectivity index (χ0) is 16.2. The number of ketones is 1. The van der Waals surface area contributed by atoms with Gasteiger partial charge in [0, 0.05) is 22.3 Å². The summed E-state index contributed by atoms with van der Waals surface area (Å²) in [5, 5.41) is 0.671. The zero-order valence-corrected chi connectivity index (χ0v) is 13.1. The minimum atomic E-state index is 0.0116. The van der Waals surface area contributed by atoms with Crippen molar-refractivity contribution in [2.24, 2.45) is 0 Å². The Balaban J connectivity index is 1.82. The van der Waals surface area contributed by atoms with E-state index in [1.165, 1.54) is 6.92 Å². The predicted octanol–water partition coefficient (Wildman–Crippen LogP) is 4.79. The minimum absolute atomic E-state index is 0.0116. The fraction of sp³-hybridized carbons (Fsp3) is 0.0556. The van der Waals surface area contributed by atoms with E-state index in [-0.39, 0.29) is 11.8 Å². The predicted molar refractivity (Wildman–Crippen MR) is 89.0 cm³/mol. The number of ether oxygens (including phenoxy) is 1. The highest BCUT2D eigenvalue weighted by Crippen LogP contribution is 2.23. The number of halogens is 1. The van der Waals surface area contributed by atoms with Crippen LogP contribution in [0.5, 0.6) is 11.8 Å². The molecule has 3 aromatic rings. The summed E-state index contributed by atoms with van der Waals surface area (Å²) in [6.07, 6.45) is 1.64. The van der Waals surface area contributed by atoms with Crippen molar-refractivity contribution < 1.29 is 9.53 Å². The van der Waals surface area contributed by atoms with Crippen LogP contribution in [0.15, 0.2) is 60.8 Å². The number of carbonyl (C=O) groups excluding carboxylic acids is 1. The minimum Gasteiger partial charge on any atom is -0.424 e. The van der Waals surface area contributed by atoms with Crippen molar-refractivity contribution in [2.45, 2.75) is 6.92 Å². The lowest BCUT2D eigenvalue weighted by Gasteiger charge is -2.06. The summed E-state index contributed by atoms with van der Waals surface area (Å²) in [6.45, 7) is 1.52. The van der Waals surface area contributed by atoms with E-state index in [9.17, 15) is 4.79 Å². The Hall–Kier alpha value is -2.72. The lowest BCUT2D eigenvalue weighted by Crippen LogP contribution is -1.95. The highest BCUT2D eigenvalue weighted by atomic mass is 35.5. The Morgan fingerprint density at radius 3 is 2.35 bits per heavy atom. The smallest absolute Gasteiger partial charge is 0.322 e. The molecule has 0 amide bonds. The summed E-state index contributed by atoms with van der Waals surface area (Å²) in [5.41, 5.74) is 2.30. The highest BCUT2D eigenvalue weighted by Gasteiger charge is 2.05. The quantitative estimate of drug-likeness (QED) is 0.647. The largest absolute Gasteiger partial charge is 0.424 e. The van der Waals surface area contributed by atoms with Gasteiger partial charge < -0.3 is 4.74 Å². The molecule has 0 saturated carbocycles. The third kappa shape index (κ3) is 3.73. The molecule has 0 atom stereocenters. The molecule has 0 aliphatic rings. The summed E-state index contributed by atoms with van der Waals surface area (Å²) in [7, 11) is 0. The first-order chi connectivity index (χ1) is 11.1. The van der Waals surface area contributed by atoms with Crippen molar-refractivity contribution in [1.82, 2.24) is 9.97 Å². The number of aromatic nitrogens is 2. The summed E-state index contributed by atoms with van der Waals surface area (Å²) < 4.78 is 5.64. The number of Topliss-reactive ketones (excluding diaryl/α,β-unsaturated/α-hetero) is 1. The van der Waals surface area contributed by atoms with Gasteiger partial charge in [0.05, 0.1) is 5.69 Å². The van der Waals surface area contributed by atoms with Crippen LogP contribution in [-0.2, 0) is 0 Å². The summed E-state index contributed by atoms with van der Waals surface area (Å²) in [5.74, 6) is 0.584. The first kappa shape index (κ1) is 15.2. The van der Waals surface area contributed by atoms with Crippen molar-refractivity contribution in [3.8, 4) is 23.0 Å². The van der Waals surface area contributed by atoms with Gasteiger partial charge in [0.25, 0.3) is 0 Å². The Morgan fingerprint density at radius 2 is 1.70 bits per heavy atom. The first-order valence-corrected chi connectivity index (χ1v) is 7.37. The summed E-state index contributed by atoms with van der Waals surface area (Å²) in [6, 6.07) is 16.3. The molecule has 0 N–H and O–H groups in total.